The van der Waals surface area contributed by atoms with Crippen LogP contribution in [0, 0.1) is 17.1 Å². The second kappa shape index (κ2) is 7.49. The van der Waals surface area contributed by atoms with E-state index in [9.17, 15) is 9.18 Å². The van der Waals surface area contributed by atoms with Crippen molar-refractivity contribution in [2.75, 3.05) is 5.32 Å². The van der Waals surface area contributed by atoms with E-state index in [1.54, 1.807) is 19.1 Å². The Bertz CT molecular complexity index is 510. The Kier molecular flexibility index (Phi) is 5.98. The van der Waals surface area contributed by atoms with E-state index in [1.165, 1.54) is 12.1 Å². The van der Waals surface area contributed by atoms with Crippen LogP contribution in [0.2, 0.25) is 0 Å². The monoisotopic (exact) mass is 277 g/mol. The van der Waals surface area contributed by atoms with Crippen LogP contribution < -0.4 is 10.6 Å². The molecule has 20 heavy (non-hydrogen) atoms. The van der Waals surface area contributed by atoms with Crippen LogP contribution >= 0.6 is 0 Å². The minimum Gasteiger partial charge on any atom is -0.373 e. The normalized spacial score (nSPS) is 13.2. The maximum atomic E-state index is 13.4. The van der Waals surface area contributed by atoms with Crippen molar-refractivity contribution in [1.29, 1.82) is 5.26 Å². The predicted molar refractivity (Wildman–Crippen MR) is 76.7 cm³/mol. The molecule has 0 aromatic heterocycles. The second-order valence-electron chi connectivity index (χ2n) is 4.84. The lowest BCUT2D eigenvalue weighted by atomic mass is 10.1. The third kappa shape index (κ3) is 4.23. The largest absolute Gasteiger partial charge is 0.373 e. The Labute approximate surface area is 119 Å². The lowest BCUT2D eigenvalue weighted by molar-refractivity contribution is -0.122. The first-order valence-corrected chi connectivity index (χ1v) is 6.75. The van der Waals surface area contributed by atoms with Crippen LogP contribution in [0.5, 0.6) is 0 Å². The van der Waals surface area contributed by atoms with Crippen molar-refractivity contribution in [2.24, 2.45) is 0 Å². The van der Waals surface area contributed by atoms with Gasteiger partial charge >= 0.3 is 0 Å². The lowest BCUT2D eigenvalue weighted by Gasteiger charge is -2.19. The Hall–Kier alpha value is -2.09. The standard InChI is InChI=1S/C15H20FN3O/c1-4-6-10(2)18-15(20)11(3)19-14-8-5-7-13(16)12(14)9-17/h5,7-8,10-11,19H,4,6H2,1-3H3,(H,18,20). The van der Waals surface area contributed by atoms with Crippen LogP contribution in [-0.2, 0) is 4.79 Å². The topological polar surface area (TPSA) is 64.9 Å². The molecule has 2 atom stereocenters. The maximum absolute atomic E-state index is 13.4. The van der Waals surface area contributed by atoms with Crippen LogP contribution in [0.1, 0.15) is 39.2 Å². The highest BCUT2D eigenvalue weighted by Gasteiger charge is 2.17. The number of benzene rings is 1. The third-order valence-corrected chi connectivity index (χ3v) is 3.00. The van der Waals surface area contributed by atoms with Crippen LogP contribution in [0.3, 0.4) is 0 Å². The number of nitrogens with zero attached hydrogens (tertiary/aromatic N) is 1. The van der Waals surface area contributed by atoms with Gasteiger partial charge in [0.25, 0.3) is 0 Å². The van der Waals surface area contributed by atoms with E-state index in [-0.39, 0.29) is 17.5 Å². The molecule has 4 nitrogen and oxygen atoms in total. The number of hydrogen-bond donors (Lipinski definition) is 2. The van der Waals surface area contributed by atoms with Gasteiger partial charge in [0, 0.05) is 6.04 Å². The predicted octanol–water partition coefficient (Wildman–Crippen LogP) is 2.80. The van der Waals surface area contributed by atoms with Gasteiger partial charge in [0.1, 0.15) is 23.5 Å². The number of halogens is 1. The Morgan fingerprint density at radius 3 is 2.75 bits per heavy atom. The number of hydrogen-bond acceptors (Lipinski definition) is 3. The van der Waals surface area contributed by atoms with Crippen molar-refractivity contribution < 1.29 is 9.18 Å². The summed E-state index contributed by atoms with van der Waals surface area (Å²) in [6.45, 7) is 5.67. The van der Waals surface area contributed by atoms with Gasteiger partial charge < -0.3 is 10.6 Å². The van der Waals surface area contributed by atoms with Crippen molar-refractivity contribution in [1.82, 2.24) is 5.32 Å². The van der Waals surface area contributed by atoms with Gasteiger partial charge in [-0.1, -0.05) is 19.4 Å². The summed E-state index contributed by atoms with van der Waals surface area (Å²) in [5.41, 5.74) is 0.257. The Morgan fingerprint density at radius 2 is 2.15 bits per heavy atom. The van der Waals surface area contributed by atoms with Gasteiger partial charge in [0.05, 0.1) is 5.69 Å². The van der Waals surface area contributed by atoms with E-state index < -0.39 is 11.9 Å². The molecule has 2 unspecified atom stereocenters. The van der Waals surface area contributed by atoms with Crippen molar-refractivity contribution in [2.45, 2.75) is 45.7 Å². The minimum absolute atomic E-state index is 0.0752. The zero-order valence-corrected chi connectivity index (χ0v) is 12.0. The van der Waals surface area contributed by atoms with Gasteiger partial charge in [-0.3, -0.25) is 4.79 Å². The molecule has 1 aromatic rings. The number of carbonyl (C=O) groups is 1. The van der Waals surface area contributed by atoms with E-state index in [1.807, 2.05) is 6.92 Å². The fourth-order valence-electron chi connectivity index (χ4n) is 1.93. The fraction of sp³-hybridized carbons (Fsp3) is 0.467. The fourth-order valence-corrected chi connectivity index (χ4v) is 1.93. The van der Waals surface area contributed by atoms with Gasteiger partial charge in [0.15, 0.2) is 0 Å². The van der Waals surface area contributed by atoms with Gasteiger partial charge in [0.2, 0.25) is 5.91 Å². The molecule has 0 heterocycles. The van der Waals surface area contributed by atoms with Gasteiger partial charge in [-0.15, -0.1) is 0 Å². The summed E-state index contributed by atoms with van der Waals surface area (Å²) in [6.07, 6.45) is 1.90. The van der Waals surface area contributed by atoms with Crippen molar-refractivity contribution in [3.8, 4) is 6.07 Å². The molecule has 2 N–H and O–H groups in total. The third-order valence-electron chi connectivity index (χ3n) is 3.00. The average Bonchev–Trinajstić information content (AvgIpc) is 2.39. The quantitative estimate of drug-likeness (QED) is 0.840. The van der Waals surface area contributed by atoms with E-state index in [0.717, 1.165) is 12.8 Å². The van der Waals surface area contributed by atoms with E-state index >= 15 is 0 Å². The molecule has 108 valence electrons. The van der Waals surface area contributed by atoms with Gasteiger partial charge in [-0.05, 0) is 32.4 Å². The van der Waals surface area contributed by atoms with E-state index in [0.29, 0.717) is 5.69 Å². The second-order valence-corrected chi connectivity index (χ2v) is 4.84. The molecular formula is C15H20FN3O. The molecule has 0 bridgehead atoms. The van der Waals surface area contributed by atoms with E-state index in [4.69, 9.17) is 5.26 Å². The average molecular weight is 277 g/mol. The van der Waals surface area contributed by atoms with Gasteiger partial charge in [-0.25, -0.2) is 4.39 Å². The molecular weight excluding hydrogens is 257 g/mol. The highest BCUT2D eigenvalue weighted by molar-refractivity contribution is 5.84. The number of nitrogens with one attached hydrogen (secondary N) is 2. The summed E-state index contributed by atoms with van der Waals surface area (Å²) in [5.74, 6) is -0.761. The van der Waals surface area contributed by atoms with E-state index in [2.05, 4.69) is 17.6 Å². The van der Waals surface area contributed by atoms with Crippen molar-refractivity contribution in [3.05, 3.63) is 29.6 Å². The zero-order valence-electron chi connectivity index (χ0n) is 12.0. The summed E-state index contributed by atoms with van der Waals surface area (Å²) in [7, 11) is 0. The summed E-state index contributed by atoms with van der Waals surface area (Å²) in [4.78, 5) is 12.0. The highest BCUT2D eigenvalue weighted by atomic mass is 19.1. The molecule has 0 spiro atoms. The number of anilines is 1. The molecule has 0 saturated carbocycles. The lowest BCUT2D eigenvalue weighted by Crippen LogP contribution is -2.42. The van der Waals surface area contributed by atoms with Crippen LogP contribution in [0.4, 0.5) is 10.1 Å². The summed E-state index contributed by atoms with van der Waals surface area (Å²) >= 11 is 0. The number of amides is 1. The number of rotatable bonds is 6. The molecule has 0 radical (unpaired) electrons. The summed E-state index contributed by atoms with van der Waals surface area (Å²) in [6, 6.07) is 5.67. The summed E-state index contributed by atoms with van der Waals surface area (Å²) in [5, 5.41) is 14.7. The first-order chi connectivity index (χ1) is 9.49. The molecule has 5 heteroatoms. The van der Waals surface area contributed by atoms with Gasteiger partial charge in [-0.2, -0.15) is 5.26 Å². The highest BCUT2D eigenvalue weighted by Crippen LogP contribution is 2.18. The Balaban J connectivity index is 2.71. The molecule has 0 fully saturated rings. The van der Waals surface area contributed by atoms with Crippen LogP contribution in [0.25, 0.3) is 0 Å². The maximum Gasteiger partial charge on any atom is 0.242 e. The molecule has 0 aliphatic rings. The Morgan fingerprint density at radius 1 is 1.45 bits per heavy atom. The zero-order chi connectivity index (χ0) is 15.1. The smallest absolute Gasteiger partial charge is 0.242 e. The molecule has 1 rings (SSSR count). The first-order valence-electron chi connectivity index (χ1n) is 6.75. The molecule has 1 aromatic carbocycles. The molecule has 1 amide bonds. The van der Waals surface area contributed by atoms with Crippen molar-refractivity contribution in [3.63, 3.8) is 0 Å². The van der Waals surface area contributed by atoms with Crippen molar-refractivity contribution >= 4 is 11.6 Å². The minimum atomic E-state index is -0.593. The number of carbonyl (C=O) groups excluding carboxylic acids is 1. The molecule has 0 saturated heterocycles. The molecule has 0 aliphatic heterocycles. The van der Waals surface area contributed by atoms with Crippen LogP contribution in [0.15, 0.2) is 18.2 Å². The first kappa shape index (κ1) is 16.0. The summed E-state index contributed by atoms with van der Waals surface area (Å²) < 4.78 is 13.4. The molecule has 0 aliphatic carbocycles. The van der Waals surface area contributed by atoms with Crippen LogP contribution in [-0.4, -0.2) is 18.0 Å². The SMILES string of the molecule is CCCC(C)NC(=O)C(C)Nc1cccc(F)c1C#N. The number of nitriles is 1.